The average Bonchev–Trinajstić information content (AvgIpc) is 2.39. The zero-order chi connectivity index (χ0) is 13.8. The summed E-state index contributed by atoms with van der Waals surface area (Å²) in [6.07, 6.45) is 8.67. The molecule has 0 atom stereocenters. The molecule has 0 amide bonds. The van der Waals surface area contributed by atoms with Gasteiger partial charge in [0.2, 0.25) is 0 Å². The molecule has 1 aromatic heterocycles. The van der Waals surface area contributed by atoms with Crippen molar-refractivity contribution in [1.82, 2.24) is 4.98 Å². The van der Waals surface area contributed by atoms with E-state index in [4.69, 9.17) is 0 Å². The predicted molar refractivity (Wildman–Crippen MR) is 84.4 cm³/mol. The molecule has 0 fully saturated rings. The monoisotopic (exact) mass is 251 g/mol. The molecule has 0 spiro atoms. The van der Waals surface area contributed by atoms with E-state index < -0.39 is 0 Å². The summed E-state index contributed by atoms with van der Waals surface area (Å²) in [5.41, 5.74) is 3.48. The van der Waals surface area contributed by atoms with Crippen molar-refractivity contribution in [3.63, 3.8) is 0 Å². The quantitative estimate of drug-likeness (QED) is 0.814. The van der Waals surface area contributed by atoms with Gasteiger partial charge in [0, 0.05) is 16.8 Å². The summed E-state index contributed by atoms with van der Waals surface area (Å²) >= 11 is 0. The molecular formula is C18H21N. The van der Waals surface area contributed by atoms with Crippen LogP contribution < -0.4 is 10.4 Å². The molecule has 2 rings (SSSR count). The van der Waals surface area contributed by atoms with Gasteiger partial charge < -0.3 is 0 Å². The van der Waals surface area contributed by atoms with Crippen LogP contribution in [0.1, 0.15) is 32.3 Å². The SMILES string of the molecule is C=c1/c(=C\C(C)=C/CCC)ccc2cc(C)cnc12. The highest BCUT2D eigenvalue weighted by atomic mass is 14.6. The maximum absolute atomic E-state index is 4.51. The van der Waals surface area contributed by atoms with Crippen LogP contribution in [0.25, 0.3) is 23.6 Å². The normalized spacial score (nSPS) is 13.2. The smallest absolute Gasteiger partial charge is 0.0774 e. The van der Waals surface area contributed by atoms with E-state index in [9.17, 15) is 0 Å². The minimum atomic E-state index is 1.00. The Hall–Kier alpha value is -1.89. The summed E-state index contributed by atoms with van der Waals surface area (Å²) in [6, 6.07) is 6.42. The maximum Gasteiger partial charge on any atom is 0.0774 e. The molecule has 0 saturated carbocycles. The van der Waals surface area contributed by atoms with Crippen molar-refractivity contribution in [2.24, 2.45) is 0 Å². The van der Waals surface area contributed by atoms with Crippen molar-refractivity contribution in [2.45, 2.75) is 33.6 Å². The summed E-state index contributed by atoms with van der Waals surface area (Å²) in [6.45, 7) is 10.6. The minimum absolute atomic E-state index is 1.00. The molecule has 0 unspecified atom stereocenters. The molecule has 1 heterocycles. The average molecular weight is 251 g/mol. The third kappa shape index (κ3) is 3.11. The highest BCUT2D eigenvalue weighted by Crippen LogP contribution is 2.07. The van der Waals surface area contributed by atoms with Gasteiger partial charge in [-0.25, -0.2) is 0 Å². The zero-order valence-corrected chi connectivity index (χ0v) is 12.0. The molecule has 0 aliphatic carbocycles. The largest absolute Gasteiger partial charge is 0.255 e. The van der Waals surface area contributed by atoms with Crippen LogP contribution in [0.4, 0.5) is 0 Å². The second kappa shape index (κ2) is 5.83. The van der Waals surface area contributed by atoms with E-state index in [-0.39, 0.29) is 0 Å². The summed E-state index contributed by atoms with van der Waals surface area (Å²) in [5, 5.41) is 3.34. The molecule has 19 heavy (non-hydrogen) atoms. The fourth-order valence-corrected chi connectivity index (χ4v) is 2.20. The van der Waals surface area contributed by atoms with Gasteiger partial charge in [-0.1, -0.05) is 49.8 Å². The van der Waals surface area contributed by atoms with Crippen LogP contribution in [0, 0.1) is 6.92 Å². The summed E-state index contributed by atoms with van der Waals surface area (Å²) < 4.78 is 0. The van der Waals surface area contributed by atoms with E-state index in [1.807, 2.05) is 6.20 Å². The van der Waals surface area contributed by atoms with Gasteiger partial charge in [0.25, 0.3) is 0 Å². The van der Waals surface area contributed by atoms with E-state index in [1.54, 1.807) is 0 Å². The topological polar surface area (TPSA) is 12.9 Å². The lowest BCUT2D eigenvalue weighted by Gasteiger charge is -2.00. The van der Waals surface area contributed by atoms with Crippen LogP contribution in [0.15, 0.2) is 36.0 Å². The van der Waals surface area contributed by atoms with Gasteiger partial charge in [0.05, 0.1) is 5.52 Å². The number of fused-ring (bicyclic) bond motifs is 1. The van der Waals surface area contributed by atoms with E-state index in [0.29, 0.717) is 0 Å². The van der Waals surface area contributed by atoms with Gasteiger partial charge in [-0.2, -0.15) is 0 Å². The molecule has 1 heteroatoms. The second-order valence-electron chi connectivity index (χ2n) is 5.10. The van der Waals surface area contributed by atoms with Gasteiger partial charge >= 0.3 is 0 Å². The number of pyridine rings is 1. The first-order chi connectivity index (χ1) is 9.11. The van der Waals surface area contributed by atoms with Crippen LogP contribution >= 0.6 is 0 Å². The number of aromatic nitrogens is 1. The highest BCUT2D eigenvalue weighted by molar-refractivity contribution is 5.80. The van der Waals surface area contributed by atoms with Crippen molar-refractivity contribution in [1.29, 1.82) is 0 Å². The number of nitrogens with zero attached hydrogens (tertiary/aromatic N) is 1. The van der Waals surface area contributed by atoms with Crippen LogP contribution in [0.3, 0.4) is 0 Å². The standard InChI is InChI=1S/C18H21N/c1-5-6-7-13(2)10-16-8-9-17-11-14(3)12-19-18(17)15(16)4/h7-12H,4-6H2,1-3H3/b13-7-,16-10-. The number of allylic oxidation sites excluding steroid dienone is 2. The van der Waals surface area contributed by atoms with Gasteiger partial charge in [0.1, 0.15) is 0 Å². The molecule has 0 bridgehead atoms. The number of hydrogen-bond acceptors (Lipinski definition) is 1. The molecule has 0 N–H and O–H groups in total. The molecule has 98 valence electrons. The van der Waals surface area contributed by atoms with E-state index in [0.717, 1.165) is 27.8 Å². The molecule has 0 aliphatic heterocycles. The van der Waals surface area contributed by atoms with Gasteiger partial charge in [-0.15, -0.1) is 0 Å². The molecule has 1 aromatic carbocycles. The lowest BCUT2D eigenvalue weighted by molar-refractivity contribution is 0.953. The summed E-state index contributed by atoms with van der Waals surface area (Å²) in [4.78, 5) is 4.51. The Balaban J connectivity index is 2.58. The Morgan fingerprint density at radius 3 is 2.89 bits per heavy atom. The van der Waals surface area contributed by atoms with Gasteiger partial charge in [0.15, 0.2) is 0 Å². The van der Waals surface area contributed by atoms with Crippen molar-refractivity contribution in [3.8, 4) is 0 Å². The summed E-state index contributed by atoms with van der Waals surface area (Å²) in [7, 11) is 0. The Labute approximate surface area is 115 Å². The number of hydrogen-bond donors (Lipinski definition) is 0. The summed E-state index contributed by atoms with van der Waals surface area (Å²) in [5.74, 6) is 0. The molecule has 0 saturated heterocycles. The van der Waals surface area contributed by atoms with Crippen molar-refractivity contribution >= 4 is 23.6 Å². The van der Waals surface area contributed by atoms with Gasteiger partial charge in [-0.05, 0) is 37.1 Å². The molecule has 2 aromatic rings. The Bertz CT molecular complexity index is 723. The number of aryl methyl sites for hydroxylation is 1. The lowest BCUT2D eigenvalue weighted by Crippen LogP contribution is -2.24. The van der Waals surface area contributed by atoms with Crippen molar-refractivity contribution in [3.05, 3.63) is 52.0 Å². The fourth-order valence-electron chi connectivity index (χ4n) is 2.20. The minimum Gasteiger partial charge on any atom is -0.255 e. The van der Waals surface area contributed by atoms with Crippen molar-refractivity contribution in [2.75, 3.05) is 0 Å². The number of unbranched alkanes of at least 4 members (excludes halogenated alkanes) is 1. The predicted octanol–water partition coefficient (Wildman–Crippen LogP) is 3.48. The van der Waals surface area contributed by atoms with Crippen LogP contribution in [0.2, 0.25) is 0 Å². The van der Waals surface area contributed by atoms with Crippen LogP contribution in [-0.2, 0) is 0 Å². The first kappa shape index (κ1) is 13.5. The number of benzene rings is 1. The Morgan fingerprint density at radius 1 is 1.37 bits per heavy atom. The van der Waals surface area contributed by atoms with Crippen LogP contribution in [-0.4, -0.2) is 4.98 Å². The van der Waals surface area contributed by atoms with E-state index in [2.05, 4.69) is 62.7 Å². The zero-order valence-electron chi connectivity index (χ0n) is 12.0. The third-order valence-corrected chi connectivity index (χ3v) is 3.27. The maximum atomic E-state index is 4.51. The van der Waals surface area contributed by atoms with Crippen molar-refractivity contribution < 1.29 is 0 Å². The Morgan fingerprint density at radius 2 is 2.16 bits per heavy atom. The number of rotatable bonds is 3. The van der Waals surface area contributed by atoms with E-state index in [1.165, 1.54) is 17.6 Å². The second-order valence-corrected chi connectivity index (χ2v) is 5.10. The van der Waals surface area contributed by atoms with Gasteiger partial charge in [-0.3, -0.25) is 4.98 Å². The van der Waals surface area contributed by atoms with E-state index >= 15 is 0 Å². The lowest BCUT2D eigenvalue weighted by atomic mass is 10.1. The highest BCUT2D eigenvalue weighted by Gasteiger charge is 1.97. The Kier molecular flexibility index (Phi) is 4.16. The molecule has 0 aliphatic rings. The first-order valence-electron chi connectivity index (χ1n) is 6.84. The molecular weight excluding hydrogens is 230 g/mol. The van der Waals surface area contributed by atoms with Crippen LogP contribution in [0.5, 0.6) is 0 Å². The fraction of sp³-hybridized carbons (Fsp3) is 0.278. The first-order valence-corrected chi connectivity index (χ1v) is 6.84. The molecule has 0 radical (unpaired) electrons. The third-order valence-electron chi connectivity index (χ3n) is 3.27. The molecule has 1 nitrogen and oxygen atoms in total.